The van der Waals surface area contributed by atoms with Crippen LogP contribution in [0.1, 0.15) is 39.9 Å². The third kappa shape index (κ3) is 4.96. The summed E-state index contributed by atoms with van der Waals surface area (Å²) in [5.41, 5.74) is 1.82. The number of aryl methyl sites for hydroxylation is 2. The maximum atomic E-state index is 12.9. The lowest BCUT2D eigenvalue weighted by atomic mass is 9.96. The number of piperidine rings is 1. The summed E-state index contributed by atoms with van der Waals surface area (Å²) in [6, 6.07) is 10.2. The number of anilines is 1. The second kappa shape index (κ2) is 8.27. The summed E-state index contributed by atoms with van der Waals surface area (Å²) in [4.78, 5) is 26.9. The number of rotatable bonds is 3. The van der Waals surface area contributed by atoms with Gasteiger partial charge < -0.3 is 10.2 Å². The highest BCUT2D eigenvalue weighted by molar-refractivity contribution is 5.96. The van der Waals surface area contributed by atoms with Gasteiger partial charge in [-0.15, -0.1) is 0 Å². The Labute approximate surface area is 167 Å². The maximum Gasteiger partial charge on any atom is 0.416 e. The van der Waals surface area contributed by atoms with Crippen LogP contribution in [0.5, 0.6) is 0 Å². The molecule has 1 atom stereocenters. The lowest BCUT2D eigenvalue weighted by molar-refractivity contribution is -0.137. The van der Waals surface area contributed by atoms with Gasteiger partial charge in [-0.1, -0.05) is 18.2 Å². The molecule has 0 radical (unpaired) electrons. The van der Waals surface area contributed by atoms with Crippen LogP contribution in [0.3, 0.4) is 0 Å². The number of alkyl halides is 3. The molecule has 7 heteroatoms. The van der Waals surface area contributed by atoms with E-state index in [9.17, 15) is 22.8 Å². The van der Waals surface area contributed by atoms with E-state index in [0.717, 1.165) is 28.9 Å². The molecule has 0 spiro atoms. The first-order chi connectivity index (χ1) is 13.6. The molecule has 154 valence electrons. The first-order valence-electron chi connectivity index (χ1n) is 9.50. The SMILES string of the molecule is Cc1ccc(C)c(NC(=O)[C@H]2CCCN(C(=O)c3cccc(C(F)(F)F)c3)C2)c1. The van der Waals surface area contributed by atoms with Gasteiger partial charge in [-0.05, 0) is 62.1 Å². The van der Waals surface area contributed by atoms with Crippen molar-refractivity contribution in [2.75, 3.05) is 18.4 Å². The second-order valence-electron chi connectivity index (χ2n) is 7.48. The molecule has 0 aliphatic carbocycles. The topological polar surface area (TPSA) is 49.4 Å². The van der Waals surface area contributed by atoms with Crippen LogP contribution in [0.25, 0.3) is 0 Å². The average Bonchev–Trinajstić information content (AvgIpc) is 2.69. The summed E-state index contributed by atoms with van der Waals surface area (Å²) < 4.78 is 38.8. The number of hydrogen-bond acceptors (Lipinski definition) is 2. The average molecular weight is 404 g/mol. The molecule has 0 unspecified atom stereocenters. The van der Waals surface area contributed by atoms with E-state index < -0.39 is 23.6 Å². The molecule has 2 amide bonds. The van der Waals surface area contributed by atoms with Crippen molar-refractivity contribution in [3.63, 3.8) is 0 Å². The Kier molecular flexibility index (Phi) is 5.96. The van der Waals surface area contributed by atoms with Gasteiger partial charge in [-0.25, -0.2) is 0 Å². The maximum absolute atomic E-state index is 12.9. The Morgan fingerprint density at radius 2 is 1.86 bits per heavy atom. The fourth-order valence-corrected chi connectivity index (χ4v) is 3.49. The van der Waals surface area contributed by atoms with E-state index >= 15 is 0 Å². The van der Waals surface area contributed by atoms with Crippen LogP contribution in [0.15, 0.2) is 42.5 Å². The van der Waals surface area contributed by atoms with Crippen LogP contribution >= 0.6 is 0 Å². The van der Waals surface area contributed by atoms with Gasteiger partial charge in [0.1, 0.15) is 0 Å². The van der Waals surface area contributed by atoms with Crippen LogP contribution in [0.4, 0.5) is 18.9 Å². The van der Waals surface area contributed by atoms with Gasteiger partial charge in [0.05, 0.1) is 11.5 Å². The fraction of sp³-hybridized carbons (Fsp3) is 0.364. The molecule has 4 nitrogen and oxygen atoms in total. The van der Waals surface area contributed by atoms with Gasteiger partial charge in [0.2, 0.25) is 5.91 Å². The van der Waals surface area contributed by atoms with E-state index in [1.54, 1.807) is 0 Å². The monoisotopic (exact) mass is 404 g/mol. The van der Waals surface area contributed by atoms with Gasteiger partial charge in [0.25, 0.3) is 5.91 Å². The Bertz CT molecular complexity index is 925. The number of hydrogen-bond donors (Lipinski definition) is 1. The first kappa shape index (κ1) is 20.9. The minimum Gasteiger partial charge on any atom is -0.338 e. The number of benzene rings is 2. The van der Waals surface area contributed by atoms with E-state index in [0.29, 0.717) is 19.4 Å². The number of halogens is 3. The minimum absolute atomic E-state index is 0.0181. The molecule has 2 aromatic rings. The molecule has 1 N–H and O–H groups in total. The van der Waals surface area contributed by atoms with E-state index in [4.69, 9.17) is 0 Å². The highest BCUT2D eigenvalue weighted by Gasteiger charge is 2.33. The summed E-state index contributed by atoms with van der Waals surface area (Å²) in [5, 5.41) is 2.92. The Balaban J connectivity index is 1.71. The van der Waals surface area contributed by atoms with Gasteiger partial charge in [0, 0.05) is 24.3 Å². The van der Waals surface area contributed by atoms with Crippen molar-refractivity contribution in [3.05, 3.63) is 64.7 Å². The standard InChI is InChI=1S/C22H23F3N2O2/c1-14-8-9-15(2)19(11-14)26-20(28)17-6-4-10-27(13-17)21(29)16-5-3-7-18(12-16)22(23,24)25/h3,5,7-9,11-12,17H,4,6,10,13H2,1-2H3,(H,26,28)/t17-/m0/s1. The molecule has 1 saturated heterocycles. The summed E-state index contributed by atoms with van der Waals surface area (Å²) in [7, 11) is 0. The number of likely N-dealkylation sites (tertiary alicyclic amines) is 1. The number of amides is 2. The Morgan fingerprint density at radius 1 is 1.10 bits per heavy atom. The molecule has 1 heterocycles. The van der Waals surface area contributed by atoms with E-state index in [-0.39, 0.29) is 18.0 Å². The number of carbonyl (C=O) groups is 2. The molecule has 0 saturated carbocycles. The number of nitrogens with zero attached hydrogens (tertiary/aromatic N) is 1. The molecular formula is C22H23F3N2O2. The lowest BCUT2D eigenvalue weighted by Crippen LogP contribution is -2.43. The Hall–Kier alpha value is -2.83. The van der Waals surface area contributed by atoms with Crippen molar-refractivity contribution in [1.29, 1.82) is 0 Å². The largest absolute Gasteiger partial charge is 0.416 e. The van der Waals surface area contributed by atoms with Crippen LogP contribution in [0, 0.1) is 19.8 Å². The van der Waals surface area contributed by atoms with Crippen molar-refractivity contribution in [2.45, 2.75) is 32.9 Å². The van der Waals surface area contributed by atoms with Crippen molar-refractivity contribution < 1.29 is 22.8 Å². The van der Waals surface area contributed by atoms with Gasteiger partial charge in [0.15, 0.2) is 0 Å². The minimum atomic E-state index is -4.51. The smallest absolute Gasteiger partial charge is 0.338 e. The third-order valence-electron chi connectivity index (χ3n) is 5.17. The summed E-state index contributed by atoms with van der Waals surface area (Å²) in [6.07, 6.45) is -3.26. The van der Waals surface area contributed by atoms with Crippen molar-refractivity contribution >= 4 is 17.5 Å². The van der Waals surface area contributed by atoms with Crippen LogP contribution < -0.4 is 5.32 Å². The van der Waals surface area contributed by atoms with Crippen LogP contribution in [-0.4, -0.2) is 29.8 Å². The molecule has 1 aliphatic heterocycles. The highest BCUT2D eigenvalue weighted by Crippen LogP contribution is 2.30. The molecule has 1 fully saturated rings. The van der Waals surface area contributed by atoms with E-state index in [1.165, 1.54) is 17.0 Å². The lowest BCUT2D eigenvalue weighted by Gasteiger charge is -2.32. The zero-order chi connectivity index (χ0) is 21.2. The number of carbonyl (C=O) groups excluding carboxylic acids is 2. The predicted molar refractivity (Wildman–Crippen MR) is 105 cm³/mol. The van der Waals surface area contributed by atoms with Crippen molar-refractivity contribution in [1.82, 2.24) is 4.90 Å². The quantitative estimate of drug-likeness (QED) is 0.798. The van der Waals surface area contributed by atoms with Crippen LogP contribution in [-0.2, 0) is 11.0 Å². The van der Waals surface area contributed by atoms with E-state index in [2.05, 4.69) is 5.32 Å². The van der Waals surface area contributed by atoms with Gasteiger partial charge in [-0.3, -0.25) is 9.59 Å². The molecule has 3 rings (SSSR count). The third-order valence-corrected chi connectivity index (χ3v) is 5.17. The zero-order valence-electron chi connectivity index (χ0n) is 16.3. The summed E-state index contributed by atoms with van der Waals surface area (Å²) in [6.45, 7) is 4.44. The molecule has 2 aromatic carbocycles. The predicted octanol–water partition coefficient (Wildman–Crippen LogP) is 4.81. The normalized spacial score (nSPS) is 17.1. The molecular weight excluding hydrogens is 381 g/mol. The first-order valence-corrected chi connectivity index (χ1v) is 9.50. The summed E-state index contributed by atoms with van der Waals surface area (Å²) >= 11 is 0. The van der Waals surface area contributed by atoms with Crippen molar-refractivity contribution in [2.24, 2.45) is 5.92 Å². The van der Waals surface area contributed by atoms with Crippen LogP contribution in [0.2, 0.25) is 0 Å². The van der Waals surface area contributed by atoms with E-state index in [1.807, 2.05) is 32.0 Å². The molecule has 0 bridgehead atoms. The Morgan fingerprint density at radius 3 is 2.59 bits per heavy atom. The molecule has 0 aromatic heterocycles. The zero-order valence-corrected chi connectivity index (χ0v) is 16.3. The second-order valence-corrected chi connectivity index (χ2v) is 7.48. The molecule has 1 aliphatic rings. The highest BCUT2D eigenvalue weighted by atomic mass is 19.4. The summed E-state index contributed by atoms with van der Waals surface area (Å²) in [5.74, 6) is -1.07. The van der Waals surface area contributed by atoms with Gasteiger partial charge in [-0.2, -0.15) is 13.2 Å². The number of nitrogens with one attached hydrogen (secondary N) is 1. The van der Waals surface area contributed by atoms with Gasteiger partial charge >= 0.3 is 6.18 Å². The van der Waals surface area contributed by atoms with Crippen molar-refractivity contribution in [3.8, 4) is 0 Å². The molecule has 29 heavy (non-hydrogen) atoms. The fourth-order valence-electron chi connectivity index (χ4n) is 3.49.